The van der Waals surface area contributed by atoms with Gasteiger partial charge in [-0.25, -0.2) is 9.59 Å². The van der Waals surface area contributed by atoms with Crippen LogP contribution >= 0.6 is 0 Å². The Labute approximate surface area is 331 Å². The first-order valence-electron chi connectivity index (χ1n) is 18.3. The number of aromatic nitrogens is 2. The van der Waals surface area contributed by atoms with Gasteiger partial charge in [0.25, 0.3) is 11.8 Å². The number of nitrogens with two attached hydrogens (primary N) is 2. The Kier molecular flexibility index (Phi) is 14.5. The van der Waals surface area contributed by atoms with Gasteiger partial charge in [-0.3, -0.25) is 19.6 Å². The van der Waals surface area contributed by atoms with Gasteiger partial charge in [-0.1, -0.05) is 36.4 Å². The number of ether oxygens (including phenoxy) is 2. The maximum Gasteiger partial charge on any atom is 0.338 e. The first-order chi connectivity index (χ1) is 27.6. The number of hydrogen-bond acceptors (Lipinski definition) is 10. The van der Waals surface area contributed by atoms with Crippen molar-refractivity contribution >= 4 is 35.1 Å². The zero-order chi connectivity index (χ0) is 40.7. The molecule has 0 aliphatic heterocycles. The average Bonchev–Trinajstić information content (AvgIpc) is 3.24. The van der Waals surface area contributed by atoms with Gasteiger partial charge in [0, 0.05) is 59.9 Å². The summed E-state index contributed by atoms with van der Waals surface area (Å²) in [5, 5.41) is 5.68. The predicted molar refractivity (Wildman–Crippen MR) is 221 cm³/mol. The fraction of sp³-hybridized carbons (Fsp3) is 0.156. The smallest absolute Gasteiger partial charge is 0.338 e. The molecule has 2 heterocycles. The molecule has 12 heteroatoms. The summed E-state index contributed by atoms with van der Waals surface area (Å²) in [6.07, 6.45) is 6.45. The molecular formula is C45H44N6O6. The van der Waals surface area contributed by atoms with E-state index in [1.54, 1.807) is 124 Å². The second-order valence-electron chi connectivity index (χ2n) is 12.6. The number of rotatable bonds is 12. The van der Waals surface area contributed by atoms with E-state index in [1.807, 2.05) is 31.2 Å². The highest BCUT2D eigenvalue weighted by molar-refractivity contribution is 6.06. The molecule has 4 aromatic carbocycles. The minimum Gasteiger partial charge on any atom is -0.462 e. The molecule has 0 saturated heterocycles. The molecule has 0 radical (unpaired) electrons. The fourth-order valence-corrected chi connectivity index (χ4v) is 5.84. The van der Waals surface area contributed by atoms with Crippen molar-refractivity contribution in [1.29, 1.82) is 0 Å². The van der Waals surface area contributed by atoms with Crippen molar-refractivity contribution in [3.8, 4) is 22.3 Å². The second-order valence-corrected chi connectivity index (χ2v) is 12.6. The zero-order valence-electron chi connectivity index (χ0n) is 31.9. The van der Waals surface area contributed by atoms with E-state index < -0.39 is 0 Å². The molecule has 2 amide bonds. The Balaban J connectivity index is 0.000000218. The van der Waals surface area contributed by atoms with E-state index in [0.29, 0.717) is 53.4 Å². The molecule has 0 fully saturated rings. The Morgan fingerprint density at radius 2 is 1.05 bits per heavy atom. The van der Waals surface area contributed by atoms with Gasteiger partial charge in [-0.15, -0.1) is 0 Å². The van der Waals surface area contributed by atoms with Crippen LogP contribution in [0.3, 0.4) is 0 Å². The predicted octanol–water partition coefficient (Wildman–Crippen LogP) is 7.83. The lowest BCUT2D eigenvalue weighted by Crippen LogP contribution is -2.13. The molecule has 1 atom stereocenters. The standard InChI is InChI=1S/C23H23N3O3.C22H21N3O3/c1-3-29-23(28)18-6-4-5-16(13-18)21-14-17(7-8-20(21)15(2)24)22(27)26-19-9-11-25-12-10-19;1-2-28-22(27)17-5-3-4-15(12-17)20-13-16(6-7-18(20)14-23)21(26)25-19-8-10-24-11-9-19/h4-15H,3,24H2,1-2H3,(H,25,26,27);3-13H,2,14,23H2,1H3,(H,24,25,26). The number of esters is 2. The van der Waals surface area contributed by atoms with Gasteiger partial charge in [0.05, 0.1) is 24.3 Å². The minimum atomic E-state index is -0.386. The van der Waals surface area contributed by atoms with Crippen molar-refractivity contribution in [2.24, 2.45) is 11.5 Å². The summed E-state index contributed by atoms with van der Waals surface area (Å²) in [7, 11) is 0. The quantitative estimate of drug-likeness (QED) is 0.0894. The Bertz CT molecular complexity index is 2330. The van der Waals surface area contributed by atoms with Gasteiger partial charge in [0.2, 0.25) is 0 Å². The molecule has 0 saturated carbocycles. The molecule has 6 N–H and O–H groups in total. The number of anilines is 2. The highest BCUT2D eigenvalue weighted by Crippen LogP contribution is 2.30. The zero-order valence-corrected chi connectivity index (χ0v) is 31.9. The topological polar surface area (TPSA) is 189 Å². The monoisotopic (exact) mass is 764 g/mol. The lowest BCUT2D eigenvalue weighted by atomic mass is 9.92. The lowest BCUT2D eigenvalue weighted by Gasteiger charge is -2.16. The van der Waals surface area contributed by atoms with Crippen LogP contribution in [0.15, 0.2) is 134 Å². The number of carbonyl (C=O) groups is 4. The molecule has 290 valence electrons. The third kappa shape index (κ3) is 11.0. The number of benzene rings is 4. The minimum absolute atomic E-state index is 0.238. The lowest BCUT2D eigenvalue weighted by molar-refractivity contribution is 0.0517. The molecule has 0 aliphatic rings. The van der Waals surface area contributed by atoms with Crippen molar-refractivity contribution in [1.82, 2.24) is 9.97 Å². The van der Waals surface area contributed by atoms with E-state index in [9.17, 15) is 19.2 Å². The Hall–Kier alpha value is -7.02. The van der Waals surface area contributed by atoms with Crippen LogP contribution in [0.2, 0.25) is 0 Å². The van der Waals surface area contributed by atoms with E-state index in [1.165, 1.54) is 0 Å². The van der Waals surface area contributed by atoms with E-state index in [2.05, 4.69) is 20.6 Å². The van der Waals surface area contributed by atoms with Crippen LogP contribution in [0, 0.1) is 0 Å². The van der Waals surface area contributed by atoms with Gasteiger partial charge in [0.1, 0.15) is 0 Å². The van der Waals surface area contributed by atoms with Gasteiger partial charge >= 0.3 is 11.9 Å². The number of nitrogens with one attached hydrogen (secondary N) is 2. The van der Waals surface area contributed by atoms with E-state index in [4.69, 9.17) is 20.9 Å². The molecule has 0 aliphatic carbocycles. The fourth-order valence-electron chi connectivity index (χ4n) is 5.84. The average molecular weight is 765 g/mol. The van der Waals surface area contributed by atoms with Gasteiger partial charge in [-0.05, 0) is 127 Å². The summed E-state index contributed by atoms with van der Waals surface area (Å²) in [5.41, 5.74) is 20.2. The van der Waals surface area contributed by atoms with E-state index >= 15 is 0 Å². The number of hydrogen-bond donors (Lipinski definition) is 4. The summed E-state index contributed by atoms with van der Waals surface area (Å²) in [6, 6.07) is 31.6. The maximum atomic E-state index is 12.7. The molecule has 6 rings (SSSR count). The number of carbonyl (C=O) groups excluding carboxylic acids is 4. The normalized spacial score (nSPS) is 11.0. The molecule has 1 unspecified atom stereocenters. The highest BCUT2D eigenvalue weighted by Gasteiger charge is 2.17. The van der Waals surface area contributed by atoms with E-state index in [0.717, 1.165) is 33.4 Å². The van der Waals surface area contributed by atoms with Gasteiger partial charge in [-0.2, -0.15) is 0 Å². The molecule has 0 spiro atoms. The number of pyridine rings is 2. The first kappa shape index (κ1) is 41.1. The van der Waals surface area contributed by atoms with Gasteiger partial charge < -0.3 is 31.6 Å². The summed E-state index contributed by atoms with van der Waals surface area (Å²) >= 11 is 0. The largest absolute Gasteiger partial charge is 0.462 e. The number of amides is 2. The maximum absolute atomic E-state index is 12.7. The first-order valence-corrected chi connectivity index (χ1v) is 18.3. The molecular weight excluding hydrogens is 721 g/mol. The molecule has 2 aromatic heterocycles. The molecule has 57 heavy (non-hydrogen) atoms. The van der Waals surface area contributed by atoms with Crippen molar-refractivity contribution in [2.45, 2.75) is 33.4 Å². The summed E-state index contributed by atoms with van der Waals surface area (Å²) < 4.78 is 10.2. The van der Waals surface area contributed by atoms with Crippen LogP contribution in [0.25, 0.3) is 22.3 Å². The van der Waals surface area contributed by atoms with Crippen LogP contribution in [0.1, 0.15) is 79.4 Å². The van der Waals surface area contributed by atoms with Crippen LogP contribution in [-0.2, 0) is 16.0 Å². The summed E-state index contributed by atoms with van der Waals surface area (Å²) in [4.78, 5) is 57.4. The van der Waals surface area contributed by atoms with Crippen molar-refractivity contribution in [2.75, 3.05) is 23.8 Å². The summed E-state index contributed by atoms with van der Waals surface area (Å²) in [6.45, 7) is 6.33. The van der Waals surface area contributed by atoms with Gasteiger partial charge in [0.15, 0.2) is 0 Å². The molecule has 6 aromatic rings. The van der Waals surface area contributed by atoms with Crippen molar-refractivity contribution in [3.05, 3.63) is 167 Å². The highest BCUT2D eigenvalue weighted by atomic mass is 16.5. The number of nitrogens with zero attached hydrogens (tertiary/aromatic N) is 2. The molecule has 0 bridgehead atoms. The van der Waals surface area contributed by atoms with Crippen molar-refractivity contribution < 1.29 is 28.7 Å². The van der Waals surface area contributed by atoms with Crippen LogP contribution in [-0.4, -0.2) is 46.9 Å². The second kappa shape index (κ2) is 20.1. The summed E-state index contributed by atoms with van der Waals surface area (Å²) in [5.74, 6) is -1.25. The molecule has 12 nitrogen and oxygen atoms in total. The van der Waals surface area contributed by atoms with E-state index in [-0.39, 0.29) is 29.8 Å². The van der Waals surface area contributed by atoms with Crippen LogP contribution in [0.5, 0.6) is 0 Å². The SMILES string of the molecule is CCOC(=O)c1cccc(-c2cc(C(=O)Nc3ccncc3)ccc2C(C)N)c1.CCOC(=O)c1cccc(-c2cc(C(=O)Nc3ccncc3)ccc2CN)c1. The van der Waals surface area contributed by atoms with Crippen molar-refractivity contribution in [3.63, 3.8) is 0 Å². The third-order valence-electron chi connectivity index (χ3n) is 8.64. The Morgan fingerprint density at radius 1 is 0.596 bits per heavy atom. The Morgan fingerprint density at radius 3 is 1.51 bits per heavy atom. The van der Waals surface area contributed by atoms with Crippen LogP contribution < -0.4 is 22.1 Å². The third-order valence-corrected chi connectivity index (χ3v) is 8.64. The van der Waals surface area contributed by atoms with Crippen LogP contribution in [0.4, 0.5) is 11.4 Å².